The molecule has 2 heterocycles. The summed E-state index contributed by atoms with van der Waals surface area (Å²) in [5.74, 6) is -0.565. The number of primary amides is 1. The van der Waals surface area contributed by atoms with E-state index in [-0.39, 0.29) is 12.2 Å². The Labute approximate surface area is 168 Å². The molecule has 0 spiro atoms. The highest BCUT2D eigenvalue weighted by atomic mass is 19.4. The van der Waals surface area contributed by atoms with Crippen molar-refractivity contribution in [1.82, 2.24) is 9.78 Å². The van der Waals surface area contributed by atoms with Crippen LogP contribution in [0.25, 0.3) is 0 Å². The summed E-state index contributed by atoms with van der Waals surface area (Å²) in [5, 5.41) is 4.32. The average Bonchev–Trinajstić information content (AvgIpc) is 3.00. The highest BCUT2D eigenvalue weighted by Crippen LogP contribution is 2.48. The van der Waals surface area contributed by atoms with Gasteiger partial charge in [-0.1, -0.05) is 6.08 Å². The lowest BCUT2D eigenvalue weighted by Gasteiger charge is -2.41. The van der Waals surface area contributed by atoms with Crippen LogP contribution < -0.4 is 10.6 Å². The second-order valence-corrected chi connectivity index (χ2v) is 7.78. The first-order chi connectivity index (χ1) is 13.5. The van der Waals surface area contributed by atoms with Crippen molar-refractivity contribution in [2.75, 3.05) is 4.90 Å². The number of carbonyl (C=O) groups is 1. The zero-order chi connectivity index (χ0) is 21.6. The van der Waals surface area contributed by atoms with E-state index in [9.17, 15) is 18.0 Å². The van der Waals surface area contributed by atoms with Crippen LogP contribution in [0.2, 0.25) is 0 Å². The molecule has 1 amide bonds. The smallest absolute Gasteiger partial charge is 0.366 e. The second kappa shape index (κ2) is 7.24. The van der Waals surface area contributed by atoms with Crippen LogP contribution in [0.15, 0.2) is 36.2 Å². The van der Waals surface area contributed by atoms with E-state index in [2.05, 4.69) is 5.10 Å². The first-order valence-corrected chi connectivity index (χ1v) is 9.46. The number of anilines is 1. The molecule has 1 aromatic carbocycles. The fraction of sp³-hybridized carbons (Fsp3) is 0.429. The Morgan fingerprint density at radius 2 is 1.97 bits per heavy atom. The lowest BCUT2D eigenvalue weighted by molar-refractivity contribution is -0.198. The minimum absolute atomic E-state index is 0.188. The van der Waals surface area contributed by atoms with Gasteiger partial charge in [-0.2, -0.15) is 18.3 Å². The third-order valence-corrected chi connectivity index (χ3v) is 5.64. The lowest BCUT2D eigenvalue weighted by atomic mass is 9.83. The van der Waals surface area contributed by atoms with E-state index in [0.29, 0.717) is 24.2 Å². The third kappa shape index (κ3) is 3.63. The van der Waals surface area contributed by atoms with Crippen molar-refractivity contribution in [2.24, 2.45) is 11.1 Å². The van der Waals surface area contributed by atoms with Gasteiger partial charge in [0.05, 0.1) is 12.7 Å². The van der Waals surface area contributed by atoms with Gasteiger partial charge in [0.2, 0.25) is 5.91 Å². The van der Waals surface area contributed by atoms with Gasteiger partial charge in [0.25, 0.3) is 0 Å². The van der Waals surface area contributed by atoms with Crippen LogP contribution in [0.4, 0.5) is 18.9 Å². The zero-order valence-electron chi connectivity index (χ0n) is 17.0. The first kappa shape index (κ1) is 21.0. The van der Waals surface area contributed by atoms with Gasteiger partial charge in [0.1, 0.15) is 5.41 Å². The Morgan fingerprint density at radius 3 is 2.52 bits per heavy atom. The number of carbonyl (C=O) groups excluding carboxylic acids is 1. The molecule has 2 aromatic rings. The number of benzene rings is 1. The van der Waals surface area contributed by atoms with Gasteiger partial charge in [-0.05, 0) is 57.9 Å². The average molecular weight is 406 g/mol. The molecule has 1 aromatic heterocycles. The molecular weight excluding hydrogens is 381 g/mol. The van der Waals surface area contributed by atoms with Crippen LogP contribution in [0.5, 0.6) is 0 Å². The number of rotatable bonds is 5. The number of fused-ring (bicyclic) bond motifs is 1. The number of nitrogens with zero attached hydrogens (tertiary/aromatic N) is 3. The predicted molar refractivity (Wildman–Crippen MR) is 105 cm³/mol. The number of allylic oxidation sites excluding steroid dienone is 2. The van der Waals surface area contributed by atoms with Gasteiger partial charge >= 0.3 is 6.18 Å². The Hall–Kier alpha value is -2.77. The van der Waals surface area contributed by atoms with Gasteiger partial charge in [0.15, 0.2) is 0 Å². The van der Waals surface area contributed by atoms with Crippen LogP contribution >= 0.6 is 0 Å². The molecule has 0 saturated carbocycles. The van der Waals surface area contributed by atoms with E-state index in [1.165, 1.54) is 13.8 Å². The number of halogens is 3. The van der Waals surface area contributed by atoms with Crippen molar-refractivity contribution < 1.29 is 18.0 Å². The summed E-state index contributed by atoms with van der Waals surface area (Å²) in [5.41, 5.74) is 7.03. The van der Waals surface area contributed by atoms with E-state index in [0.717, 1.165) is 16.8 Å². The normalized spacial score (nSPS) is 14.6. The van der Waals surface area contributed by atoms with Crippen LogP contribution in [-0.4, -0.2) is 21.9 Å². The van der Waals surface area contributed by atoms with Gasteiger partial charge in [-0.3, -0.25) is 9.48 Å². The van der Waals surface area contributed by atoms with Crippen LogP contribution in [0.1, 0.15) is 48.0 Å². The maximum absolute atomic E-state index is 13.9. The number of amides is 1. The minimum atomic E-state index is -4.41. The molecule has 1 aliphatic heterocycles. The number of hydrogen-bond donors (Lipinski definition) is 1. The van der Waals surface area contributed by atoms with E-state index in [4.69, 9.17) is 5.73 Å². The summed E-state index contributed by atoms with van der Waals surface area (Å²) in [6.45, 7) is 7.18. The highest BCUT2D eigenvalue weighted by Gasteiger charge is 2.52. The second-order valence-electron chi connectivity index (χ2n) is 7.78. The quantitative estimate of drug-likeness (QED) is 0.803. The van der Waals surface area contributed by atoms with Crippen molar-refractivity contribution in [3.63, 3.8) is 0 Å². The largest absolute Gasteiger partial charge is 0.399 e. The Balaban J connectivity index is 2.11. The van der Waals surface area contributed by atoms with E-state index in [1.807, 2.05) is 18.5 Å². The van der Waals surface area contributed by atoms with Crippen molar-refractivity contribution in [2.45, 2.75) is 53.4 Å². The van der Waals surface area contributed by atoms with E-state index < -0.39 is 17.5 Å². The van der Waals surface area contributed by atoms with Crippen LogP contribution in [0, 0.1) is 12.3 Å². The third-order valence-electron chi connectivity index (χ3n) is 5.64. The standard InChI is InChI=1S/C21H25F3N4O/c1-5-28-13(2)16(11-26-28)12-27-17-8-6-15(19(25)29)10-14(17)7-9-18(27)20(3,4)21(22,23)24/h6,8-11H,5,7,12H2,1-4H3,(H2,25,29). The molecule has 5 nitrogen and oxygen atoms in total. The van der Waals surface area contributed by atoms with Crippen molar-refractivity contribution in [1.29, 1.82) is 0 Å². The maximum Gasteiger partial charge on any atom is 0.399 e. The number of aromatic nitrogens is 2. The highest BCUT2D eigenvalue weighted by molar-refractivity contribution is 5.93. The topological polar surface area (TPSA) is 64.2 Å². The van der Waals surface area contributed by atoms with Crippen LogP contribution in [0.3, 0.4) is 0 Å². The fourth-order valence-corrected chi connectivity index (χ4v) is 3.65. The summed E-state index contributed by atoms with van der Waals surface area (Å²) >= 11 is 0. The number of alkyl halides is 3. The minimum Gasteiger partial charge on any atom is -0.366 e. The molecule has 0 atom stereocenters. The molecule has 156 valence electrons. The zero-order valence-corrected chi connectivity index (χ0v) is 17.0. The summed E-state index contributed by atoms with van der Waals surface area (Å²) in [4.78, 5) is 13.2. The molecular formula is C21H25F3N4O. The number of nitrogens with two attached hydrogens (primary N) is 1. The molecule has 1 aliphatic rings. The van der Waals surface area contributed by atoms with Gasteiger partial charge in [0, 0.05) is 34.8 Å². The first-order valence-electron chi connectivity index (χ1n) is 9.46. The van der Waals surface area contributed by atoms with Gasteiger partial charge in [-0.15, -0.1) is 0 Å². The molecule has 2 N–H and O–H groups in total. The molecule has 8 heteroatoms. The SMILES string of the molecule is CCn1ncc(CN2C(C(C)(C)C(F)(F)F)=CCc3cc(C(N)=O)ccc32)c1C. The van der Waals surface area contributed by atoms with Crippen molar-refractivity contribution >= 4 is 11.6 Å². The predicted octanol–water partition coefficient (Wildman–Crippen LogP) is 4.35. The molecule has 0 fully saturated rings. The maximum atomic E-state index is 13.9. The van der Waals surface area contributed by atoms with Gasteiger partial charge < -0.3 is 10.6 Å². The molecule has 0 unspecified atom stereocenters. The Bertz CT molecular complexity index is 973. The van der Waals surface area contributed by atoms with Crippen LogP contribution in [-0.2, 0) is 19.5 Å². The Kier molecular flexibility index (Phi) is 5.23. The Morgan fingerprint density at radius 1 is 1.28 bits per heavy atom. The summed E-state index contributed by atoms with van der Waals surface area (Å²) in [7, 11) is 0. The van der Waals surface area contributed by atoms with Crippen molar-refractivity contribution in [3.05, 3.63) is 58.6 Å². The lowest BCUT2D eigenvalue weighted by Crippen LogP contribution is -2.43. The molecule has 0 aliphatic carbocycles. The molecule has 0 radical (unpaired) electrons. The summed E-state index contributed by atoms with van der Waals surface area (Å²) < 4.78 is 43.4. The monoisotopic (exact) mass is 406 g/mol. The summed E-state index contributed by atoms with van der Waals surface area (Å²) in [6.07, 6.45) is -0.817. The van der Waals surface area contributed by atoms with E-state index in [1.54, 1.807) is 35.4 Å². The number of hydrogen-bond acceptors (Lipinski definition) is 3. The molecule has 0 saturated heterocycles. The molecule has 0 bridgehead atoms. The number of aryl methyl sites for hydroxylation is 1. The molecule has 29 heavy (non-hydrogen) atoms. The van der Waals surface area contributed by atoms with Gasteiger partial charge in [-0.25, -0.2) is 0 Å². The molecule has 3 rings (SSSR count). The fourth-order valence-electron chi connectivity index (χ4n) is 3.65. The van der Waals surface area contributed by atoms with E-state index >= 15 is 0 Å². The van der Waals surface area contributed by atoms with Crippen molar-refractivity contribution in [3.8, 4) is 0 Å². The summed E-state index contributed by atoms with van der Waals surface area (Å²) in [6, 6.07) is 4.88.